The third kappa shape index (κ3) is 2.31. The van der Waals surface area contributed by atoms with E-state index in [1.165, 1.54) is 0 Å². The summed E-state index contributed by atoms with van der Waals surface area (Å²) in [5, 5.41) is 4.17. The topological polar surface area (TPSA) is 62.3 Å². The van der Waals surface area contributed by atoms with Gasteiger partial charge in [0.25, 0.3) is 0 Å². The zero-order chi connectivity index (χ0) is 14.1. The maximum atomic E-state index is 6.02. The molecule has 0 spiro atoms. The lowest BCUT2D eigenvalue weighted by atomic mass is 10.1. The number of anilines is 1. The monoisotopic (exact) mass is 291 g/mol. The molecule has 3 rings (SSSR count). The predicted molar refractivity (Wildman–Crippen MR) is 81.3 cm³/mol. The number of aromatic nitrogens is 2. The Morgan fingerprint density at radius 1 is 1.35 bits per heavy atom. The number of aryl methyl sites for hydroxylation is 1. The lowest BCUT2D eigenvalue weighted by molar-refractivity contribution is 0.228. The number of rotatable bonds is 4. The molecule has 20 heavy (non-hydrogen) atoms. The van der Waals surface area contributed by atoms with Gasteiger partial charge in [0.15, 0.2) is 11.5 Å². The number of nitrogen functional groups attached to an aromatic ring is 1. The molecular formula is C14H17N3O2S. The Morgan fingerprint density at radius 3 is 2.70 bits per heavy atom. The molecule has 1 fully saturated rings. The molecule has 6 heteroatoms. The van der Waals surface area contributed by atoms with Crippen molar-refractivity contribution in [1.82, 2.24) is 9.78 Å². The maximum absolute atomic E-state index is 6.02. The molecule has 106 valence electrons. The minimum Gasteiger partial charge on any atom is -0.493 e. The second kappa shape index (κ2) is 5.28. The van der Waals surface area contributed by atoms with E-state index in [0.717, 1.165) is 34.1 Å². The zero-order valence-electron chi connectivity index (χ0n) is 11.5. The first kappa shape index (κ1) is 13.2. The fourth-order valence-electron chi connectivity index (χ4n) is 2.07. The third-order valence-electron chi connectivity index (χ3n) is 3.36. The van der Waals surface area contributed by atoms with E-state index in [4.69, 9.17) is 15.2 Å². The van der Waals surface area contributed by atoms with E-state index in [2.05, 4.69) is 5.10 Å². The molecule has 2 heterocycles. The fraction of sp³-hybridized carbons (Fsp3) is 0.357. The van der Waals surface area contributed by atoms with Crippen molar-refractivity contribution in [3.63, 3.8) is 0 Å². The van der Waals surface area contributed by atoms with Gasteiger partial charge in [-0.05, 0) is 17.7 Å². The van der Waals surface area contributed by atoms with E-state index < -0.39 is 0 Å². The molecule has 2 N–H and O–H groups in total. The summed E-state index contributed by atoms with van der Waals surface area (Å²) in [5.74, 6) is 4.21. The second-order valence-electron chi connectivity index (χ2n) is 4.71. The highest BCUT2D eigenvalue weighted by Gasteiger charge is 2.22. The van der Waals surface area contributed by atoms with Crippen LogP contribution in [0.3, 0.4) is 0 Å². The van der Waals surface area contributed by atoms with Crippen LogP contribution in [-0.2, 0) is 7.05 Å². The molecule has 0 saturated carbocycles. The Kier molecular flexibility index (Phi) is 3.48. The van der Waals surface area contributed by atoms with Gasteiger partial charge in [0.1, 0.15) is 11.9 Å². The number of hydrogen-bond donors (Lipinski definition) is 1. The van der Waals surface area contributed by atoms with Crippen molar-refractivity contribution in [3.8, 4) is 22.6 Å². The summed E-state index contributed by atoms with van der Waals surface area (Å²) in [4.78, 5) is 0. The summed E-state index contributed by atoms with van der Waals surface area (Å²) >= 11 is 1.89. The van der Waals surface area contributed by atoms with Gasteiger partial charge in [-0.2, -0.15) is 16.9 Å². The molecular weight excluding hydrogens is 274 g/mol. The zero-order valence-corrected chi connectivity index (χ0v) is 12.3. The molecule has 0 radical (unpaired) electrons. The van der Waals surface area contributed by atoms with Crippen molar-refractivity contribution in [2.45, 2.75) is 6.10 Å². The molecule has 1 aliphatic heterocycles. The molecule has 1 aliphatic rings. The maximum Gasteiger partial charge on any atom is 0.162 e. The number of hydrogen-bond acceptors (Lipinski definition) is 5. The number of thioether (sulfide) groups is 1. The average molecular weight is 291 g/mol. The Labute approximate surface area is 122 Å². The van der Waals surface area contributed by atoms with Crippen LogP contribution in [0.25, 0.3) is 11.1 Å². The molecule has 0 amide bonds. The Hall–Kier alpha value is -1.82. The standard InChI is InChI=1S/C14H17N3O2S/c1-17-14(15)11(6-16-17)9-3-4-12(18-2)13(5-9)19-10-7-20-8-10/h3-6,10H,7-8,15H2,1-2H3. The molecule has 1 aromatic heterocycles. The highest BCUT2D eigenvalue weighted by atomic mass is 32.2. The second-order valence-corrected chi connectivity index (χ2v) is 5.78. The van der Waals surface area contributed by atoms with E-state index in [0.29, 0.717) is 5.82 Å². The summed E-state index contributed by atoms with van der Waals surface area (Å²) in [7, 11) is 3.47. The van der Waals surface area contributed by atoms with Crippen molar-refractivity contribution in [2.24, 2.45) is 7.05 Å². The number of benzene rings is 1. The van der Waals surface area contributed by atoms with Crippen LogP contribution in [0.1, 0.15) is 0 Å². The van der Waals surface area contributed by atoms with Crippen molar-refractivity contribution in [2.75, 3.05) is 24.3 Å². The van der Waals surface area contributed by atoms with Crippen LogP contribution in [0, 0.1) is 0 Å². The Bertz CT molecular complexity index is 623. The smallest absolute Gasteiger partial charge is 0.162 e. The van der Waals surface area contributed by atoms with E-state index >= 15 is 0 Å². The largest absolute Gasteiger partial charge is 0.493 e. The lowest BCUT2D eigenvalue weighted by Crippen LogP contribution is -2.31. The molecule has 1 aromatic carbocycles. The summed E-state index contributed by atoms with van der Waals surface area (Å²) < 4.78 is 13.0. The highest BCUT2D eigenvalue weighted by Crippen LogP contribution is 2.36. The van der Waals surface area contributed by atoms with Crippen LogP contribution in [0.2, 0.25) is 0 Å². The number of nitrogens with zero attached hydrogens (tertiary/aromatic N) is 2. The minimum absolute atomic E-state index is 0.274. The first-order chi connectivity index (χ1) is 9.69. The summed E-state index contributed by atoms with van der Waals surface area (Å²) in [6.07, 6.45) is 2.04. The van der Waals surface area contributed by atoms with Crippen molar-refractivity contribution in [1.29, 1.82) is 0 Å². The Morgan fingerprint density at radius 2 is 2.15 bits per heavy atom. The lowest BCUT2D eigenvalue weighted by Gasteiger charge is -2.26. The van der Waals surface area contributed by atoms with Gasteiger partial charge in [-0.1, -0.05) is 6.07 Å². The van der Waals surface area contributed by atoms with Crippen molar-refractivity contribution in [3.05, 3.63) is 24.4 Å². The van der Waals surface area contributed by atoms with Gasteiger partial charge in [0.2, 0.25) is 0 Å². The first-order valence-electron chi connectivity index (χ1n) is 6.39. The highest BCUT2D eigenvalue weighted by molar-refractivity contribution is 8.00. The normalized spacial score (nSPS) is 14.9. The van der Waals surface area contributed by atoms with Crippen LogP contribution in [0.5, 0.6) is 11.5 Å². The summed E-state index contributed by atoms with van der Waals surface area (Å²) in [6, 6.07) is 5.84. The molecule has 0 unspecified atom stereocenters. The van der Waals surface area contributed by atoms with Crippen LogP contribution in [0.15, 0.2) is 24.4 Å². The third-order valence-corrected chi connectivity index (χ3v) is 4.58. The number of methoxy groups -OCH3 is 1. The van der Waals surface area contributed by atoms with E-state index in [1.54, 1.807) is 18.0 Å². The van der Waals surface area contributed by atoms with Gasteiger partial charge >= 0.3 is 0 Å². The van der Waals surface area contributed by atoms with Gasteiger partial charge in [-0.25, -0.2) is 0 Å². The molecule has 0 aliphatic carbocycles. The molecule has 0 atom stereocenters. The van der Waals surface area contributed by atoms with Gasteiger partial charge in [-0.15, -0.1) is 0 Å². The van der Waals surface area contributed by atoms with Gasteiger partial charge in [0, 0.05) is 24.1 Å². The van der Waals surface area contributed by atoms with E-state index in [-0.39, 0.29) is 6.10 Å². The van der Waals surface area contributed by atoms with Gasteiger partial charge < -0.3 is 15.2 Å². The van der Waals surface area contributed by atoms with E-state index in [1.807, 2.05) is 37.0 Å². The predicted octanol–water partition coefficient (Wildman–Crippen LogP) is 2.17. The minimum atomic E-state index is 0.274. The van der Waals surface area contributed by atoms with Crippen molar-refractivity contribution >= 4 is 17.6 Å². The van der Waals surface area contributed by atoms with Gasteiger partial charge in [-0.3, -0.25) is 4.68 Å². The van der Waals surface area contributed by atoms with E-state index in [9.17, 15) is 0 Å². The SMILES string of the molecule is COc1ccc(-c2cnn(C)c2N)cc1OC1CSC1. The van der Waals surface area contributed by atoms with Crippen molar-refractivity contribution < 1.29 is 9.47 Å². The van der Waals surface area contributed by atoms with Crippen LogP contribution < -0.4 is 15.2 Å². The average Bonchev–Trinajstić information content (AvgIpc) is 2.74. The number of nitrogens with two attached hydrogens (primary N) is 1. The first-order valence-corrected chi connectivity index (χ1v) is 7.55. The Balaban J connectivity index is 1.95. The fourth-order valence-corrected chi connectivity index (χ4v) is 2.63. The van der Waals surface area contributed by atoms with Crippen LogP contribution >= 0.6 is 11.8 Å². The molecule has 2 aromatic rings. The molecule has 1 saturated heterocycles. The molecule has 5 nitrogen and oxygen atoms in total. The van der Waals surface area contributed by atoms with Gasteiger partial charge in [0.05, 0.1) is 13.3 Å². The number of ether oxygens (including phenoxy) is 2. The van der Waals surface area contributed by atoms with Crippen LogP contribution in [0.4, 0.5) is 5.82 Å². The summed E-state index contributed by atoms with van der Waals surface area (Å²) in [6.45, 7) is 0. The molecule has 0 bridgehead atoms. The van der Waals surface area contributed by atoms with Crippen LogP contribution in [-0.4, -0.2) is 34.5 Å². The summed E-state index contributed by atoms with van der Waals surface area (Å²) in [5.41, 5.74) is 7.91. The quantitative estimate of drug-likeness (QED) is 0.935.